The van der Waals surface area contributed by atoms with Crippen LogP contribution in [-0.2, 0) is 24.0 Å². The van der Waals surface area contributed by atoms with Crippen molar-refractivity contribution in [1.29, 1.82) is 0 Å². The average Bonchev–Trinajstić information content (AvgIpc) is 2.74. The molecule has 15 heteroatoms. The summed E-state index contributed by atoms with van der Waals surface area (Å²) in [7, 11) is 0. The predicted octanol–water partition coefficient (Wildman–Crippen LogP) is -3.19. The topological polar surface area (TPSA) is 273 Å². The molecule has 0 spiro atoms. The maximum absolute atomic E-state index is 13.0. The van der Waals surface area contributed by atoms with Crippen LogP contribution in [0.2, 0.25) is 0 Å². The second kappa shape index (κ2) is 15.4. The van der Waals surface area contributed by atoms with E-state index < -0.39 is 65.8 Å². The Hall–Kier alpha value is -3.46. The molecular weight excluding hydrogens is 466 g/mol. The molecule has 200 valence electrons. The van der Waals surface area contributed by atoms with Crippen LogP contribution < -0.4 is 33.2 Å². The van der Waals surface area contributed by atoms with Crippen LogP contribution in [-0.4, -0.2) is 87.8 Å². The molecule has 0 saturated carbocycles. The number of nitrogens with one attached hydrogen (secondary N) is 3. The Balaban J connectivity index is 5.52. The van der Waals surface area contributed by atoms with Crippen LogP contribution in [0.5, 0.6) is 0 Å². The number of carbonyl (C=O) groups is 5. The lowest BCUT2D eigenvalue weighted by atomic mass is 10.0. The number of amides is 3. The summed E-state index contributed by atoms with van der Waals surface area (Å²) in [4.78, 5) is 63.9. The normalized spacial score (nSPS) is 15.1. The summed E-state index contributed by atoms with van der Waals surface area (Å²) in [5.41, 5.74) is 16.3. The number of aliphatic imine (C=N–C) groups is 1. The fourth-order valence-corrected chi connectivity index (χ4v) is 2.88. The summed E-state index contributed by atoms with van der Waals surface area (Å²) in [6.07, 6.45) is -1.58. The van der Waals surface area contributed by atoms with Gasteiger partial charge in [-0.2, -0.15) is 0 Å². The van der Waals surface area contributed by atoms with Gasteiger partial charge in [-0.1, -0.05) is 13.8 Å². The highest BCUT2D eigenvalue weighted by Gasteiger charge is 2.33. The van der Waals surface area contributed by atoms with E-state index in [2.05, 4.69) is 20.9 Å². The molecule has 5 unspecified atom stereocenters. The number of hydrogen-bond acceptors (Lipinski definition) is 8. The van der Waals surface area contributed by atoms with Crippen LogP contribution in [0.15, 0.2) is 4.99 Å². The maximum atomic E-state index is 13.0. The van der Waals surface area contributed by atoms with Crippen LogP contribution in [0, 0.1) is 5.92 Å². The van der Waals surface area contributed by atoms with Gasteiger partial charge in [0.15, 0.2) is 12.0 Å². The van der Waals surface area contributed by atoms with Gasteiger partial charge in [-0.15, -0.1) is 0 Å². The second-order valence-electron chi connectivity index (χ2n) is 8.34. The van der Waals surface area contributed by atoms with E-state index in [0.717, 1.165) is 0 Å². The van der Waals surface area contributed by atoms with Crippen molar-refractivity contribution >= 4 is 35.6 Å². The molecule has 0 aliphatic rings. The third kappa shape index (κ3) is 12.5. The molecule has 0 saturated heterocycles. The van der Waals surface area contributed by atoms with E-state index in [4.69, 9.17) is 22.3 Å². The molecule has 0 fully saturated rings. The minimum atomic E-state index is -1.59. The number of rotatable bonds is 16. The first-order valence-electron chi connectivity index (χ1n) is 11.0. The lowest BCUT2D eigenvalue weighted by Gasteiger charge is -2.27. The molecule has 0 aromatic heterocycles. The molecule has 3 amide bonds. The highest BCUT2D eigenvalue weighted by atomic mass is 16.4. The molecule has 12 N–H and O–H groups in total. The Morgan fingerprint density at radius 2 is 1.43 bits per heavy atom. The SMILES string of the molecule is CC(C)C(NC(=O)C(CCCN=C(N)N)NC(=O)C(N)CCC(=O)O)C(=O)NC(C(=O)O)C(C)O. The van der Waals surface area contributed by atoms with E-state index >= 15 is 0 Å². The van der Waals surface area contributed by atoms with Gasteiger partial charge >= 0.3 is 11.9 Å². The van der Waals surface area contributed by atoms with Gasteiger partial charge in [0.05, 0.1) is 12.1 Å². The number of aliphatic hydroxyl groups excluding tert-OH is 1. The third-order valence-corrected chi connectivity index (χ3v) is 4.88. The molecule has 15 nitrogen and oxygen atoms in total. The number of carboxylic acids is 2. The van der Waals surface area contributed by atoms with Crippen molar-refractivity contribution in [3.8, 4) is 0 Å². The van der Waals surface area contributed by atoms with Gasteiger partial charge in [0.1, 0.15) is 12.1 Å². The Morgan fingerprint density at radius 1 is 0.857 bits per heavy atom. The largest absolute Gasteiger partial charge is 0.481 e. The van der Waals surface area contributed by atoms with Gasteiger partial charge < -0.3 is 48.5 Å². The summed E-state index contributed by atoms with van der Waals surface area (Å²) in [5, 5.41) is 34.7. The van der Waals surface area contributed by atoms with Gasteiger partial charge in [-0.05, 0) is 32.1 Å². The quantitative estimate of drug-likeness (QED) is 0.0574. The standard InChI is InChI=1S/C20H37N7O8/c1-9(2)14(18(33)27-15(10(3)28)19(34)35)26-17(32)12(5-4-8-24-20(22)23)25-16(31)11(21)6-7-13(29)30/h9-12,14-15,28H,4-8,21H2,1-3H3,(H,25,31)(H,26,32)(H,27,33)(H,29,30)(H,34,35)(H4,22,23,24). The number of nitrogens with two attached hydrogens (primary N) is 3. The monoisotopic (exact) mass is 503 g/mol. The summed E-state index contributed by atoms with van der Waals surface area (Å²) in [6, 6.07) is -5.15. The zero-order chi connectivity index (χ0) is 27.3. The van der Waals surface area contributed by atoms with E-state index in [-0.39, 0.29) is 38.2 Å². The van der Waals surface area contributed by atoms with Crippen LogP contribution >= 0.6 is 0 Å². The van der Waals surface area contributed by atoms with Crippen molar-refractivity contribution < 1.29 is 39.3 Å². The summed E-state index contributed by atoms with van der Waals surface area (Å²) in [5.74, 6) is -5.60. The fraction of sp³-hybridized carbons (Fsp3) is 0.700. The lowest BCUT2D eigenvalue weighted by molar-refractivity contribution is -0.145. The Kier molecular flexibility index (Phi) is 13.9. The van der Waals surface area contributed by atoms with Crippen molar-refractivity contribution in [2.75, 3.05) is 6.54 Å². The van der Waals surface area contributed by atoms with Gasteiger partial charge in [-0.25, -0.2) is 4.79 Å². The average molecular weight is 504 g/mol. The van der Waals surface area contributed by atoms with Crippen LogP contribution in [0.25, 0.3) is 0 Å². The number of carbonyl (C=O) groups excluding carboxylic acids is 3. The van der Waals surface area contributed by atoms with Crippen LogP contribution in [0.4, 0.5) is 0 Å². The highest BCUT2D eigenvalue weighted by molar-refractivity contribution is 5.94. The zero-order valence-electron chi connectivity index (χ0n) is 20.1. The minimum Gasteiger partial charge on any atom is -0.481 e. The number of hydrogen-bond donors (Lipinski definition) is 9. The first kappa shape index (κ1) is 31.5. The van der Waals surface area contributed by atoms with E-state index in [0.29, 0.717) is 0 Å². The van der Waals surface area contributed by atoms with Crippen molar-refractivity contribution in [1.82, 2.24) is 16.0 Å². The predicted molar refractivity (Wildman–Crippen MR) is 125 cm³/mol. The Labute approximate surface area is 202 Å². The Bertz CT molecular complexity index is 783. The van der Waals surface area contributed by atoms with Crippen molar-refractivity contribution in [3.05, 3.63) is 0 Å². The highest BCUT2D eigenvalue weighted by Crippen LogP contribution is 2.07. The van der Waals surface area contributed by atoms with Crippen LogP contribution in [0.1, 0.15) is 46.5 Å². The minimum absolute atomic E-state index is 0.0534. The molecule has 0 bridgehead atoms. The van der Waals surface area contributed by atoms with Crippen molar-refractivity contribution in [2.45, 2.75) is 76.7 Å². The van der Waals surface area contributed by atoms with E-state index in [1.165, 1.54) is 6.92 Å². The number of nitrogens with zero attached hydrogens (tertiary/aromatic N) is 1. The molecule has 0 aromatic rings. The molecule has 0 aliphatic carbocycles. The first-order chi connectivity index (χ1) is 16.2. The molecular formula is C20H37N7O8. The molecule has 0 radical (unpaired) electrons. The summed E-state index contributed by atoms with van der Waals surface area (Å²) in [6.45, 7) is 4.56. The van der Waals surface area contributed by atoms with Gasteiger partial charge in [0.2, 0.25) is 17.7 Å². The number of aliphatic carboxylic acids is 2. The van der Waals surface area contributed by atoms with Gasteiger partial charge in [-0.3, -0.25) is 24.2 Å². The lowest BCUT2D eigenvalue weighted by Crippen LogP contribution is -2.59. The summed E-state index contributed by atoms with van der Waals surface area (Å²) < 4.78 is 0. The van der Waals surface area contributed by atoms with Crippen molar-refractivity contribution in [3.63, 3.8) is 0 Å². The molecule has 0 heterocycles. The molecule has 0 rings (SSSR count). The zero-order valence-corrected chi connectivity index (χ0v) is 20.1. The molecule has 0 aromatic carbocycles. The number of aliphatic hydroxyl groups is 1. The summed E-state index contributed by atoms with van der Waals surface area (Å²) >= 11 is 0. The number of guanidine groups is 1. The van der Waals surface area contributed by atoms with E-state index in [1.54, 1.807) is 13.8 Å². The maximum Gasteiger partial charge on any atom is 0.328 e. The van der Waals surface area contributed by atoms with Crippen molar-refractivity contribution in [2.24, 2.45) is 28.1 Å². The Morgan fingerprint density at radius 3 is 1.89 bits per heavy atom. The van der Waals surface area contributed by atoms with Gasteiger partial charge in [0, 0.05) is 13.0 Å². The van der Waals surface area contributed by atoms with Crippen LogP contribution in [0.3, 0.4) is 0 Å². The van der Waals surface area contributed by atoms with Gasteiger partial charge in [0.25, 0.3) is 0 Å². The van der Waals surface area contributed by atoms with E-state index in [9.17, 15) is 34.2 Å². The third-order valence-electron chi connectivity index (χ3n) is 4.88. The first-order valence-corrected chi connectivity index (χ1v) is 11.0. The molecule has 5 atom stereocenters. The smallest absolute Gasteiger partial charge is 0.328 e. The molecule has 0 aliphatic heterocycles. The van der Waals surface area contributed by atoms with E-state index in [1.807, 2.05) is 0 Å². The number of carboxylic acid groups (broad SMARTS) is 2. The fourth-order valence-electron chi connectivity index (χ4n) is 2.88. The molecule has 35 heavy (non-hydrogen) atoms. The second-order valence-corrected chi connectivity index (χ2v) is 8.34.